The fraction of sp³-hybridized carbons (Fsp3) is 0.179. The van der Waals surface area contributed by atoms with Gasteiger partial charge in [0.15, 0.2) is 5.76 Å². The normalized spacial score (nSPS) is 11.7. The number of rotatable bonds is 8. The van der Waals surface area contributed by atoms with Crippen LogP contribution in [-0.2, 0) is 27.2 Å². The van der Waals surface area contributed by atoms with Gasteiger partial charge in [0.1, 0.15) is 6.10 Å². The summed E-state index contributed by atoms with van der Waals surface area (Å²) in [5.41, 5.74) is 5.82. The van der Waals surface area contributed by atoms with Gasteiger partial charge < -0.3 is 14.4 Å². The van der Waals surface area contributed by atoms with Gasteiger partial charge in [0.2, 0.25) is 0 Å². The molecule has 1 heterocycles. The van der Waals surface area contributed by atoms with Crippen molar-refractivity contribution in [2.45, 2.75) is 32.8 Å². The highest BCUT2D eigenvalue weighted by Crippen LogP contribution is 2.30. The number of aromatic nitrogens is 1. The smallest absolute Gasteiger partial charge is 0.311 e. The third-order valence-electron chi connectivity index (χ3n) is 5.67. The number of carbonyl (C=O) groups excluding carboxylic acids is 1. The Morgan fingerprint density at radius 2 is 1.47 bits per heavy atom. The first-order valence-corrected chi connectivity index (χ1v) is 11.0. The van der Waals surface area contributed by atoms with Crippen LogP contribution in [0.25, 0.3) is 22.5 Å². The van der Waals surface area contributed by atoms with Gasteiger partial charge in [-0.2, -0.15) is 0 Å². The molecule has 0 aliphatic carbocycles. The highest BCUT2D eigenvalue weighted by molar-refractivity contribution is 5.78. The van der Waals surface area contributed by atoms with Gasteiger partial charge in [0, 0.05) is 11.1 Å². The van der Waals surface area contributed by atoms with E-state index < -0.39 is 5.97 Å². The standard InChI is InChI=1S/C28H25NO5/c1-18-25(17-27(32)33-19(2)21-6-4-3-5-7-21)28(34-29-18)24-14-12-23(13-15-24)22-10-8-20(9-11-22)16-26(30)31/h3-15,19H,16-17H2,1-2H3,(H,30,31)/t19-/m0/s1. The van der Waals surface area contributed by atoms with Crippen LogP contribution in [0.4, 0.5) is 0 Å². The Balaban J connectivity index is 1.48. The number of ether oxygens (including phenoxy) is 1. The summed E-state index contributed by atoms with van der Waals surface area (Å²) in [5.74, 6) is -0.652. The maximum Gasteiger partial charge on any atom is 0.311 e. The topological polar surface area (TPSA) is 89.6 Å². The summed E-state index contributed by atoms with van der Waals surface area (Å²) in [6.07, 6.45) is -0.285. The van der Waals surface area contributed by atoms with Gasteiger partial charge in [0.25, 0.3) is 0 Å². The highest BCUT2D eigenvalue weighted by atomic mass is 16.5. The number of carboxylic acids is 1. The molecule has 0 amide bonds. The van der Waals surface area contributed by atoms with Crippen LogP contribution < -0.4 is 0 Å². The van der Waals surface area contributed by atoms with Crippen LogP contribution in [-0.4, -0.2) is 22.2 Å². The van der Waals surface area contributed by atoms with E-state index >= 15 is 0 Å². The van der Waals surface area contributed by atoms with Crippen LogP contribution in [0, 0.1) is 6.92 Å². The second kappa shape index (κ2) is 10.2. The highest BCUT2D eigenvalue weighted by Gasteiger charge is 2.20. The molecule has 1 N–H and O–H groups in total. The van der Waals surface area contributed by atoms with Crippen molar-refractivity contribution in [3.63, 3.8) is 0 Å². The molecule has 0 fully saturated rings. The van der Waals surface area contributed by atoms with Crippen LogP contribution in [0.2, 0.25) is 0 Å². The SMILES string of the molecule is Cc1noc(-c2ccc(-c3ccc(CC(=O)O)cc3)cc2)c1CC(=O)O[C@@H](C)c1ccccc1. The number of benzene rings is 3. The quantitative estimate of drug-likeness (QED) is 0.338. The number of carbonyl (C=O) groups is 2. The van der Waals surface area contributed by atoms with Crippen LogP contribution >= 0.6 is 0 Å². The molecule has 0 saturated heterocycles. The summed E-state index contributed by atoms with van der Waals surface area (Å²) in [5, 5.41) is 13.0. The number of hydrogen-bond acceptors (Lipinski definition) is 5. The molecule has 0 saturated carbocycles. The van der Waals surface area contributed by atoms with Gasteiger partial charge >= 0.3 is 11.9 Å². The Morgan fingerprint density at radius 3 is 2.09 bits per heavy atom. The molecule has 6 heteroatoms. The molecule has 1 atom stereocenters. The lowest BCUT2D eigenvalue weighted by Gasteiger charge is -2.13. The average molecular weight is 456 g/mol. The largest absolute Gasteiger partial charge is 0.481 e. The molecular formula is C28H25NO5. The predicted octanol–water partition coefficient (Wildman–Crippen LogP) is 5.79. The predicted molar refractivity (Wildman–Crippen MR) is 128 cm³/mol. The van der Waals surface area contributed by atoms with E-state index in [9.17, 15) is 9.59 Å². The van der Waals surface area contributed by atoms with E-state index in [4.69, 9.17) is 14.4 Å². The van der Waals surface area contributed by atoms with Gasteiger partial charge in [-0.3, -0.25) is 9.59 Å². The number of esters is 1. The summed E-state index contributed by atoms with van der Waals surface area (Å²) in [4.78, 5) is 23.5. The van der Waals surface area contributed by atoms with Gasteiger partial charge in [-0.25, -0.2) is 0 Å². The molecule has 0 unspecified atom stereocenters. The van der Waals surface area contributed by atoms with Gasteiger partial charge in [-0.15, -0.1) is 0 Å². The molecule has 3 aromatic carbocycles. The molecule has 4 rings (SSSR count). The van der Waals surface area contributed by atoms with E-state index in [1.807, 2.05) is 92.7 Å². The number of hydrogen-bond donors (Lipinski definition) is 1. The maximum absolute atomic E-state index is 12.6. The van der Waals surface area contributed by atoms with E-state index in [-0.39, 0.29) is 24.9 Å². The summed E-state index contributed by atoms with van der Waals surface area (Å²) >= 11 is 0. The lowest BCUT2D eigenvalue weighted by molar-refractivity contribution is -0.147. The first-order chi connectivity index (χ1) is 16.4. The molecule has 172 valence electrons. The van der Waals surface area contributed by atoms with Crippen LogP contribution in [0.5, 0.6) is 0 Å². The Morgan fingerprint density at radius 1 is 0.882 bits per heavy atom. The zero-order valence-corrected chi connectivity index (χ0v) is 19.0. The van der Waals surface area contributed by atoms with Crippen molar-refractivity contribution in [3.8, 4) is 22.5 Å². The fourth-order valence-corrected chi connectivity index (χ4v) is 3.80. The zero-order chi connectivity index (χ0) is 24.1. The van der Waals surface area contributed by atoms with Gasteiger partial charge in [0.05, 0.1) is 18.5 Å². The molecule has 1 aromatic heterocycles. The molecule has 34 heavy (non-hydrogen) atoms. The molecule has 0 radical (unpaired) electrons. The van der Waals surface area contributed by atoms with Crippen molar-refractivity contribution in [2.75, 3.05) is 0 Å². The molecule has 0 aliphatic heterocycles. The summed E-state index contributed by atoms with van der Waals surface area (Å²) in [7, 11) is 0. The van der Waals surface area contributed by atoms with E-state index in [1.165, 1.54) is 0 Å². The Bertz CT molecular complexity index is 1270. The second-order valence-electron chi connectivity index (χ2n) is 8.14. The van der Waals surface area contributed by atoms with Crippen molar-refractivity contribution >= 4 is 11.9 Å². The Kier molecular flexibility index (Phi) is 6.87. The fourth-order valence-electron chi connectivity index (χ4n) is 3.80. The molecule has 6 nitrogen and oxygen atoms in total. The first-order valence-electron chi connectivity index (χ1n) is 11.0. The van der Waals surface area contributed by atoms with Crippen LogP contribution in [0.3, 0.4) is 0 Å². The maximum atomic E-state index is 12.6. The second-order valence-corrected chi connectivity index (χ2v) is 8.14. The molecule has 4 aromatic rings. The van der Waals surface area contributed by atoms with Crippen LogP contribution in [0.15, 0.2) is 83.4 Å². The van der Waals surface area contributed by atoms with Crippen molar-refractivity contribution in [1.82, 2.24) is 5.16 Å². The van der Waals surface area contributed by atoms with E-state index in [1.54, 1.807) is 0 Å². The minimum absolute atomic E-state index is 0.000595. The summed E-state index contributed by atoms with van der Waals surface area (Å²) < 4.78 is 11.2. The van der Waals surface area contributed by atoms with Crippen molar-refractivity contribution in [1.29, 1.82) is 0 Å². The third-order valence-corrected chi connectivity index (χ3v) is 5.67. The first kappa shape index (κ1) is 23.0. The third kappa shape index (κ3) is 5.41. The number of nitrogens with zero attached hydrogens (tertiary/aromatic N) is 1. The van der Waals surface area contributed by atoms with Crippen LogP contribution in [0.1, 0.15) is 35.4 Å². The Hall–Kier alpha value is -4.19. The lowest BCUT2D eigenvalue weighted by atomic mass is 9.99. The zero-order valence-electron chi connectivity index (χ0n) is 19.0. The van der Waals surface area contributed by atoms with Gasteiger partial charge in [-0.1, -0.05) is 84.0 Å². The number of carboxylic acid groups (broad SMARTS) is 1. The Labute approximate surface area is 197 Å². The lowest BCUT2D eigenvalue weighted by Crippen LogP contribution is -2.12. The number of aryl methyl sites for hydroxylation is 1. The van der Waals surface area contributed by atoms with Crippen molar-refractivity contribution < 1.29 is 24.0 Å². The van der Waals surface area contributed by atoms with Gasteiger partial charge in [-0.05, 0) is 36.1 Å². The van der Waals surface area contributed by atoms with E-state index in [2.05, 4.69) is 5.16 Å². The number of aliphatic carboxylic acids is 1. The van der Waals surface area contributed by atoms with Crippen molar-refractivity contribution in [2.24, 2.45) is 0 Å². The van der Waals surface area contributed by atoms with E-state index in [0.29, 0.717) is 17.0 Å². The molecule has 0 spiro atoms. The van der Waals surface area contributed by atoms with Crippen molar-refractivity contribution in [3.05, 3.63) is 101 Å². The molecule has 0 aliphatic rings. The molecule has 0 bridgehead atoms. The van der Waals surface area contributed by atoms with E-state index in [0.717, 1.165) is 27.8 Å². The average Bonchev–Trinajstić information content (AvgIpc) is 3.19. The molecular weight excluding hydrogens is 430 g/mol. The summed E-state index contributed by atoms with van der Waals surface area (Å²) in [6.45, 7) is 3.66. The minimum atomic E-state index is -0.853. The minimum Gasteiger partial charge on any atom is -0.481 e. The summed E-state index contributed by atoms with van der Waals surface area (Å²) in [6, 6.07) is 24.8. The monoisotopic (exact) mass is 455 g/mol.